The summed E-state index contributed by atoms with van der Waals surface area (Å²) in [6, 6.07) is 23.2. The summed E-state index contributed by atoms with van der Waals surface area (Å²) >= 11 is 0. The number of carbonyl (C=O) groups is 2. The number of nitrogens with one attached hydrogen (secondary N) is 1. The number of nitrogens with two attached hydrogens (primary N) is 1. The summed E-state index contributed by atoms with van der Waals surface area (Å²) in [5, 5.41) is 18.7. The zero-order valence-electron chi connectivity index (χ0n) is 25.6. The Bertz CT molecular complexity index is 1850. The molecule has 6 aromatic rings. The number of nitrogens with zero attached hydrogens (tertiary/aromatic N) is 6. The smallest absolute Gasteiger partial charge is 0.356 e. The molecule has 0 saturated heterocycles. The molecule has 1 amide bonds. The highest BCUT2D eigenvalue weighted by Gasteiger charge is 2.10. The van der Waals surface area contributed by atoms with Gasteiger partial charge in [0.05, 0.1) is 0 Å². The fourth-order valence-electron chi connectivity index (χ4n) is 4.07. The lowest BCUT2D eigenvalue weighted by atomic mass is 10.1. The number of benzene rings is 2. The first-order valence-corrected chi connectivity index (χ1v) is 14.2. The Kier molecular flexibility index (Phi) is 13.2. The molecule has 0 fully saturated rings. The maximum Gasteiger partial charge on any atom is 0.356 e. The summed E-state index contributed by atoms with van der Waals surface area (Å²) in [6.45, 7) is 0. The number of carboxylic acid groups (broad SMARTS) is 1. The van der Waals surface area contributed by atoms with Crippen LogP contribution in [0.15, 0.2) is 110 Å². The topological polar surface area (TPSA) is 154 Å². The molecule has 0 spiro atoms. The van der Waals surface area contributed by atoms with Crippen LogP contribution >= 0.6 is 0 Å². The molecule has 0 saturated carbocycles. The van der Waals surface area contributed by atoms with Gasteiger partial charge in [-0.15, -0.1) is 0 Å². The summed E-state index contributed by atoms with van der Waals surface area (Å²) in [4.78, 5) is 30.3. The zero-order valence-corrected chi connectivity index (χ0v) is 25.6. The molecule has 48 heavy (non-hydrogen) atoms. The lowest BCUT2D eigenvalue weighted by Gasteiger charge is -2.05. The number of hydrogen-bond acceptors (Lipinski definition) is 7. The second kappa shape index (κ2) is 17.5. The number of carbonyl (C=O) groups excluding carboxylic acids is 1. The lowest BCUT2D eigenvalue weighted by Crippen LogP contribution is -2.14. The van der Waals surface area contributed by atoms with Crippen molar-refractivity contribution in [2.75, 3.05) is 11.1 Å². The van der Waals surface area contributed by atoms with Gasteiger partial charge in [0.25, 0.3) is 5.91 Å². The lowest BCUT2D eigenvalue weighted by molar-refractivity contribution is 0.0689. The number of carboxylic acids is 1. The van der Waals surface area contributed by atoms with Crippen molar-refractivity contribution >= 4 is 23.5 Å². The molecule has 0 aliphatic carbocycles. The highest BCUT2D eigenvalue weighted by molar-refractivity contribution is 6.02. The molecule has 13 heteroatoms. The van der Waals surface area contributed by atoms with Crippen molar-refractivity contribution in [2.24, 2.45) is 14.1 Å². The minimum atomic E-state index is -0.990. The van der Waals surface area contributed by atoms with Gasteiger partial charge in [0.15, 0.2) is 11.4 Å². The summed E-state index contributed by atoms with van der Waals surface area (Å²) in [7, 11) is 3.42. The quantitative estimate of drug-likeness (QED) is 0.191. The van der Waals surface area contributed by atoms with E-state index < -0.39 is 5.97 Å². The predicted octanol–water partition coefficient (Wildman–Crippen LogP) is 5.95. The Morgan fingerprint density at radius 3 is 1.52 bits per heavy atom. The number of hydrogen-bond donors (Lipinski definition) is 3. The molecule has 6 rings (SSSR count). The number of halogens is 2. The Hall–Kier alpha value is -6.24. The predicted molar refractivity (Wildman–Crippen MR) is 179 cm³/mol. The van der Waals surface area contributed by atoms with Crippen molar-refractivity contribution in [3.05, 3.63) is 155 Å². The van der Waals surface area contributed by atoms with Crippen LogP contribution in [-0.2, 0) is 26.9 Å². The molecule has 4 N–H and O–H groups in total. The van der Waals surface area contributed by atoms with Crippen LogP contribution in [0.5, 0.6) is 0 Å². The van der Waals surface area contributed by atoms with Crippen molar-refractivity contribution in [1.82, 2.24) is 29.5 Å². The Morgan fingerprint density at radius 1 is 0.688 bits per heavy atom. The number of amides is 1. The van der Waals surface area contributed by atoms with E-state index in [0.717, 1.165) is 28.7 Å². The van der Waals surface area contributed by atoms with Gasteiger partial charge < -0.3 is 16.2 Å². The van der Waals surface area contributed by atoms with Crippen molar-refractivity contribution in [3.63, 3.8) is 0 Å². The van der Waals surface area contributed by atoms with E-state index in [-0.39, 0.29) is 30.7 Å². The third kappa shape index (κ3) is 11.6. The van der Waals surface area contributed by atoms with Gasteiger partial charge in [-0.2, -0.15) is 10.2 Å². The fraction of sp³-hybridized carbons (Fsp3) is 0.143. The second-order valence-electron chi connectivity index (χ2n) is 10.3. The maximum absolute atomic E-state index is 12.9. The van der Waals surface area contributed by atoms with Crippen molar-refractivity contribution in [1.29, 1.82) is 0 Å². The number of aryl methyl sites for hydroxylation is 2. The van der Waals surface area contributed by atoms with E-state index in [1.807, 2.05) is 12.1 Å². The number of rotatable bonds is 7. The van der Waals surface area contributed by atoms with Crippen LogP contribution in [0.3, 0.4) is 0 Å². The number of anilines is 2. The maximum atomic E-state index is 12.9. The van der Waals surface area contributed by atoms with Gasteiger partial charge in [0.2, 0.25) is 0 Å². The van der Waals surface area contributed by atoms with Crippen LogP contribution in [0.2, 0.25) is 0 Å². The monoisotopic (exact) mass is 654 g/mol. The van der Waals surface area contributed by atoms with E-state index in [0.29, 0.717) is 23.8 Å². The molecule has 11 nitrogen and oxygen atoms in total. The average molecular weight is 655 g/mol. The molecule has 0 atom stereocenters. The van der Waals surface area contributed by atoms with Gasteiger partial charge >= 0.3 is 5.97 Å². The Labute approximate surface area is 276 Å². The van der Waals surface area contributed by atoms with Gasteiger partial charge in [-0.05, 0) is 83.6 Å². The van der Waals surface area contributed by atoms with E-state index in [9.17, 15) is 18.4 Å². The van der Waals surface area contributed by atoms with Gasteiger partial charge in [-0.1, -0.05) is 43.8 Å². The summed E-state index contributed by atoms with van der Waals surface area (Å²) in [6.07, 6.45) is 8.11. The number of aromatic nitrogens is 6. The SMILES string of the molecule is C.Cn1ccc(C(=O)Nc2ccc(Cc3ccc(F)cc3)cn2)n1.Cn1ccc(C(=O)O)n1.Nc1ccc(Cc2ccc(F)cc2)cn1. The third-order valence-electron chi connectivity index (χ3n) is 6.44. The standard InChI is InChI=1S/C17H15FN4O.C12H11FN2.C5H6N2O2.CH4/c1-22-9-8-15(21-22)17(23)20-16-7-4-13(11-19-16)10-12-2-5-14(18)6-3-12;13-11-4-1-9(2-5-11)7-10-3-6-12(14)15-8-10;1-7-3-2-4(6-7)5(8)9;/h2-9,11H,10H2,1H3,(H,19,20,23);1-6,8H,7H2,(H2,14,15);2-3H,1H3,(H,8,9);1H4. The largest absolute Gasteiger partial charge is 0.476 e. The molecule has 0 unspecified atom stereocenters. The third-order valence-corrected chi connectivity index (χ3v) is 6.44. The molecule has 248 valence electrons. The van der Waals surface area contributed by atoms with Crippen LogP contribution < -0.4 is 11.1 Å². The van der Waals surface area contributed by atoms with Crippen LogP contribution in [0.1, 0.15) is 50.7 Å². The molecule has 0 bridgehead atoms. The van der Waals surface area contributed by atoms with Crippen molar-refractivity contribution in [2.45, 2.75) is 20.3 Å². The van der Waals surface area contributed by atoms with Crippen molar-refractivity contribution in [3.8, 4) is 0 Å². The first-order chi connectivity index (χ1) is 22.5. The second-order valence-corrected chi connectivity index (χ2v) is 10.3. The number of nitrogen functional groups attached to an aromatic ring is 1. The molecule has 0 aliphatic rings. The Morgan fingerprint density at radius 2 is 1.15 bits per heavy atom. The number of pyridine rings is 2. The van der Waals surface area contributed by atoms with Gasteiger partial charge in [-0.3, -0.25) is 14.2 Å². The van der Waals surface area contributed by atoms with Crippen LogP contribution in [-0.4, -0.2) is 46.5 Å². The van der Waals surface area contributed by atoms with E-state index in [1.165, 1.54) is 35.0 Å². The van der Waals surface area contributed by atoms with Crippen LogP contribution in [0.25, 0.3) is 0 Å². The minimum Gasteiger partial charge on any atom is -0.476 e. The highest BCUT2D eigenvalue weighted by Crippen LogP contribution is 2.13. The normalized spacial score (nSPS) is 10.0. The zero-order chi connectivity index (χ0) is 33.8. The molecular weight excluding hydrogens is 618 g/mol. The van der Waals surface area contributed by atoms with E-state index >= 15 is 0 Å². The highest BCUT2D eigenvalue weighted by atomic mass is 19.1. The minimum absolute atomic E-state index is 0. The first kappa shape index (κ1) is 36.2. The molecule has 4 aromatic heterocycles. The van der Waals surface area contributed by atoms with E-state index in [4.69, 9.17) is 10.8 Å². The van der Waals surface area contributed by atoms with Gasteiger partial charge in [0.1, 0.15) is 23.3 Å². The van der Waals surface area contributed by atoms with Gasteiger partial charge in [-0.25, -0.2) is 23.5 Å². The molecule has 2 aromatic carbocycles. The van der Waals surface area contributed by atoms with E-state index in [2.05, 4.69) is 25.5 Å². The number of aromatic carboxylic acids is 1. The average Bonchev–Trinajstić information content (AvgIpc) is 3.70. The Balaban J connectivity index is 0.000000214. The fourth-order valence-corrected chi connectivity index (χ4v) is 4.07. The summed E-state index contributed by atoms with van der Waals surface area (Å²) < 4.78 is 28.5. The van der Waals surface area contributed by atoms with E-state index in [1.54, 1.807) is 86.0 Å². The van der Waals surface area contributed by atoms with Crippen LogP contribution in [0, 0.1) is 11.6 Å². The first-order valence-electron chi connectivity index (χ1n) is 14.2. The molecular formula is C35H36F2N8O3. The van der Waals surface area contributed by atoms with Crippen LogP contribution in [0.4, 0.5) is 20.4 Å². The van der Waals surface area contributed by atoms with Gasteiger partial charge in [0, 0.05) is 38.9 Å². The molecule has 0 aliphatic heterocycles. The summed E-state index contributed by atoms with van der Waals surface area (Å²) in [5.74, 6) is -0.782. The molecule has 0 radical (unpaired) electrons. The summed E-state index contributed by atoms with van der Waals surface area (Å²) in [5.41, 5.74) is 10.00. The molecule has 4 heterocycles. The van der Waals surface area contributed by atoms with Crippen molar-refractivity contribution < 1.29 is 23.5 Å².